The Kier molecular flexibility index (Phi) is 7.26. The van der Waals surface area contributed by atoms with Gasteiger partial charge < -0.3 is 9.47 Å². The number of amides is 2. The molecule has 0 spiro atoms. The molecule has 18 heavy (non-hydrogen) atoms. The number of carbonyl (C=O) groups is 4. The summed E-state index contributed by atoms with van der Waals surface area (Å²) in [4.78, 5) is 43.3. The lowest BCUT2D eigenvalue weighted by molar-refractivity contribution is -0.135. The van der Waals surface area contributed by atoms with E-state index in [2.05, 4.69) is 9.47 Å². The molecular weight excluding hydrogens is 244 g/mol. The van der Waals surface area contributed by atoms with E-state index in [0.29, 0.717) is 0 Å². The fourth-order valence-corrected chi connectivity index (χ4v) is 0.630. The van der Waals surface area contributed by atoms with Gasteiger partial charge in [0.05, 0.1) is 14.2 Å². The van der Waals surface area contributed by atoms with Crippen molar-refractivity contribution in [3.05, 3.63) is 24.3 Å². The second-order valence-corrected chi connectivity index (χ2v) is 2.69. The molecule has 0 unspecified atom stereocenters. The second-order valence-electron chi connectivity index (χ2n) is 2.69. The van der Waals surface area contributed by atoms with Gasteiger partial charge in [0.1, 0.15) is 0 Å². The molecule has 0 aliphatic rings. The van der Waals surface area contributed by atoms with Gasteiger partial charge in [0.2, 0.25) is 0 Å². The molecule has 0 aliphatic heterocycles. The van der Waals surface area contributed by atoms with E-state index in [1.165, 1.54) is 0 Å². The van der Waals surface area contributed by atoms with Crippen LogP contribution in [-0.2, 0) is 28.7 Å². The molecular formula is C10H12N2O6. The summed E-state index contributed by atoms with van der Waals surface area (Å²) in [5, 5.41) is 0. The predicted molar refractivity (Wildman–Crippen MR) is 58.6 cm³/mol. The molecule has 0 saturated carbocycles. The normalized spacial score (nSPS) is 10.1. The largest absolute Gasteiger partial charge is 0.466 e. The van der Waals surface area contributed by atoms with Crippen molar-refractivity contribution in [2.45, 2.75) is 0 Å². The number of methoxy groups -OCH3 is 2. The molecule has 0 saturated heterocycles. The molecule has 0 rings (SSSR count). The molecule has 0 aromatic heterocycles. The molecule has 2 N–H and O–H groups in total. The average Bonchev–Trinajstić information content (AvgIpc) is 2.39. The first-order chi connectivity index (χ1) is 8.49. The highest BCUT2D eigenvalue weighted by Crippen LogP contribution is 1.79. The molecule has 0 aromatic rings. The quantitative estimate of drug-likeness (QED) is 0.363. The van der Waals surface area contributed by atoms with Crippen molar-refractivity contribution in [1.29, 1.82) is 0 Å². The van der Waals surface area contributed by atoms with Crippen molar-refractivity contribution in [2.24, 2.45) is 0 Å². The Morgan fingerprint density at radius 1 is 0.722 bits per heavy atom. The van der Waals surface area contributed by atoms with Gasteiger partial charge in [-0.15, -0.1) is 0 Å². The number of ether oxygens (including phenoxy) is 2. The van der Waals surface area contributed by atoms with E-state index in [0.717, 1.165) is 38.5 Å². The SMILES string of the molecule is COC(=O)/C=C/C(=O)NNC(=O)/C=C/C(=O)OC. The second kappa shape index (κ2) is 8.50. The minimum atomic E-state index is -0.736. The summed E-state index contributed by atoms with van der Waals surface area (Å²) < 4.78 is 8.50. The van der Waals surface area contributed by atoms with Crippen LogP contribution in [0.25, 0.3) is 0 Å². The first-order valence-electron chi connectivity index (χ1n) is 4.61. The summed E-state index contributed by atoms with van der Waals surface area (Å²) in [6.07, 6.45) is 3.50. The third-order valence-electron chi connectivity index (χ3n) is 1.45. The molecule has 98 valence electrons. The zero-order valence-electron chi connectivity index (χ0n) is 9.76. The first kappa shape index (κ1) is 15.4. The Balaban J connectivity index is 4.03. The summed E-state index contributed by atoms with van der Waals surface area (Å²) in [7, 11) is 2.31. The predicted octanol–water partition coefficient (Wildman–Crippen LogP) is -1.41. The van der Waals surface area contributed by atoms with Gasteiger partial charge in [0.15, 0.2) is 0 Å². The zero-order valence-corrected chi connectivity index (χ0v) is 9.76. The average molecular weight is 256 g/mol. The number of hydrogen-bond donors (Lipinski definition) is 2. The van der Waals surface area contributed by atoms with E-state index in [1.54, 1.807) is 0 Å². The van der Waals surface area contributed by atoms with Crippen LogP contribution in [0.15, 0.2) is 24.3 Å². The maximum Gasteiger partial charge on any atom is 0.330 e. The zero-order chi connectivity index (χ0) is 14.0. The molecule has 0 bridgehead atoms. The maximum atomic E-state index is 11.0. The van der Waals surface area contributed by atoms with E-state index in [-0.39, 0.29) is 0 Å². The Hall–Kier alpha value is -2.64. The van der Waals surface area contributed by atoms with E-state index in [4.69, 9.17) is 0 Å². The minimum Gasteiger partial charge on any atom is -0.466 e. The number of carbonyl (C=O) groups excluding carboxylic acids is 4. The van der Waals surface area contributed by atoms with Crippen LogP contribution in [0.5, 0.6) is 0 Å². The van der Waals surface area contributed by atoms with Crippen LogP contribution in [0, 0.1) is 0 Å². The Bertz CT molecular complexity index is 361. The van der Waals surface area contributed by atoms with Gasteiger partial charge in [-0.2, -0.15) is 0 Å². The third-order valence-corrected chi connectivity index (χ3v) is 1.45. The number of hydrazine groups is 1. The number of hydrogen-bond acceptors (Lipinski definition) is 6. The molecule has 8 heteroatoms. The number of rotatable bonds is 4. The molecule has 0 aromatic carbocycles. The molecule has 2 amide bonds. The lowest BCUT2D eigenvalue weighted by atomic mass is 10.4. The highest BCUT2D eigenvalue weighted by atomic mass is 16.5. The van der Waals surface area contributed by atoms with Crippen molar-refractivity contribution in [3.8, 4) is 0 Å². The van der Waals surface area contributed by atoms with E-state index in [9.17, 15) is 19.2 Å². The van der Waals surface area contributed by atoms with Crippen LogP contribution in [-0.4, -0.2) is 38.0 Å². The van der Waals surface area contributed by atoms with Gasteiger partial charge in [-0.05, 0) is 0 Å². The van der Waals surface area contributed by atoms with Gasteiger partial charge in [0, 0.05) is 24.3 Å². The Morgan fingerprint density at radius 2 is 1.06 bits per heavy atom. The van der Waals surface area contributed by atoms with Crippen LogP contribution in [0.2, 0.25) is 0 Å². The molecule has 0 radical (unpaired) electrons. The topological polar surface area (TPSA) is 111 Å². The summed E-state index contributed by atoms with van der Waals surface area (Å²) >= 11 is 0. The summed E-state index contributed by atoms with van der Waals surface area (Å²) in [6, 6.07) is 0. The minimum absolute atomic E-state index is 0.706. The Morgan fingerprint density at radius 3 is 1.33 bits per heavy atom. The van der Waals surface area contributed by atoms with Crippen LogP contribution >= 0.6 is 0 Å². The maximum absolute atomic E-state index is 11.0. The van der Waals surface area contributed by atoms with Crippen molar-refractivity contribution in [2.75, 3.05) is 14.2 Å². The highest BCUT2D eigenvalue weighted by Gasteiger charge is 2.00. The van der Waals surface area contributed by atoms with Crippen LogP contribution < -0.4 is 10.9 Å². The van der Waals surface area contributed by atoms with Gasteiger partial charge in [-0.1, -0.05) is 0 Å². The molecule has 0 heterocycles. The van der Waals surface area contributed by atoms with Crippen molar-refractivity contribution in [1.82, 2.24) is 10.9 Å². The smallest absolute Gasteiger partial charge is 0.330 e. The molecule has 8 nitrogen and oxygen atoms in total. The van der Waals surface area contributed by atoms with Gasteiger partial charge >= 0.3 is 11.9 Å². The van der Waals surface area contributed by atoms with E-state index in [1.807, 2.05) is 10.9 Å². The summed E-state index contributed by atoms with van der Waals surface area (Å²) in [6.45, 7) is 0. The van der Waals surface area contributed by atoms with Gasteiger partial charge in [-0.3, -0.25) is 20.4 Å². The number of nitrogens with one attached hydrogen (secondary N) is 2. The highest BCUT2D eigenvalue weighted by molar-refractivity contribution is 5.98. The molecule has 0 atom stereocenters. The van der Waals surface area contributed by atoms with Crippen molar-refractivity contribution >= 4 is 23.8 Å². The van der Waals surface area contributed by atoms with Crippen LogP contribution in [0.3, 0.4) is 0 Å². The summed E-state index contributed by atoms with van der Waals surface area (Å²) in [5.41, 5.74) is 3.93. The lowest BCUT2D eigenvalue weighted by Crippen LogP contribution is -2.40. The standard InChI is InChI=1S/C10H12N2O6/c1-17-9(15)5-3-7(13)11-12-8(14)4-6-10(16)18-2/h3-6H,1-2H3,(H,11,13)(H,12,14)/b5-3+,6-4+. The van der Waals surface area contributed by atoms with E-state index < -0.39 is 23.8 Å². The fourth-order valence-electron chi connectivity index (χ4n) is 0.630. The lowest BCUT2D eigenvalue weighted by Gasteiger charge is -2.01. The Labute approximate surface area is 103 Å². The van der Waals surface area contributed by atoms with Crippen LogP contribution in [0.4, 0.5) is 0 Å². The van der Waals surface area contributed by atoms with Gasteiger partial charge in [-0.25, -0.2) is 9.59 Å². The summed E-state index contributed by atoms with van der Waals surface area (Å²) in [5.74, 6) is -2.88. The first-order valence-corrected chi connectivity index (χ1v) is 4.61. The van der Waals surface area contributed by atoms with Gasteiger partial charge in [0.25, 0.3) is 11.8 Å². The van der Waals surface area contributed by atoms with E-state index >= 15 is 0 Å². The monoisotopic (exact) mass is 256 g/mol. The molecule has 0 fully saturated rings. The van der Waals surface area contributed by atoms with Crippen molar-refractivity contribution < 1.29 is 28.7 Å². The third kappa shape index (κ3) is 7.63. The molecule has 0 aliphatic carbocycles. The van der Waals surface area contributed by atoms with Crippen molar-refractivity contribution in [3.63, 3.8) is 0 Å². The van der Waals surface area contributed by atoms with Crippen LogP contribution in [0.1, 0.15) is 0 Å². The fraction of sp³-hybridized carbons (Fsp3) is 0.200. The number of esters is 2.